The van der Waals surface area contributed by atoms with E-state index in [0.29, 0.717) is 24.3 Å². The van der Waals surface area contributed by atoms with Crippen LogP contribution in [0.4, 0.5) is 11.4 Å². The molecular weight excluding hydrogens is 418 g/mol. The summed E-state index contributed by atoms with van der Waals surface area (Å²) in [4.78, 5) is 28.6. The van der Waals surface area contributed by atoms with Gasteiger partial charge in [-0.15, -0.1) is 0 Å². The van der Waals surface area contributed by atoms with Crippen LogP contribution in [0.1, 0.15) is 51.3 Å². The molecule has 0 radical (unpaired) electrons. The number of hydrogen-bond acceptors (Lipinski definition) is 6. The Kier molecular flexibility index (Phi) is 5.74. The summed E-state index contributed by atoms with van der Waals surface area (Å²) in [5.41, 5.74) is 3.21. The fourth-order valence-corrected chi connectivity index (χ4v) is 5.21. The van der Waals surface area contributed by atoms with Crippen molar-refractivity contribution in [3.8, 4) is 0 Å². The molecule has 7 nitrogen and oxygen atoms in total. The maximum atomic E-state index is 13.5. The fraction of sp³-hybridized carbons (Fsp3) is 0.462. The van der Waals surface area contributed by atoms with Crippen LogP contribution in [0.2, 0.25) is 0 Å². The Morgan fingerprint density at radius 3 is 2.82 bits per heavy atom. The van der Waals surface area contributed by atoms with E-state index in [1.165, 1.54) is 0 Å². The third-order valence-electron chi connectivity index (χ3n) is 6.68. The number of Topliss-reactive ketones (excluding diaryl/α,β-unsaturated/α-hetero) is 1. The maximum Gasteiger partial charge on any atom is 0.239 e. The Balaban J connectivity index is 1.54. The molecule has 5 rings (SSSR count). The second-order valence-corrected chi connectivity index (χ2v) is 9.96. The molecule has 3 aliphatic rings. The molecule has 2 aromatic rings. The number of carbonyl (C=O) groups excluding carboxylic acids is 2. The number of amides is 1. The molecule has 0 unspecified atom stereocenters. The highest BCUT2D eigenvalue weighted by atomic mass is 16.5. The molecule has 2 atom stereocenters. The van der Waals surface area contributed by atoms with Crippen molar-refractivity contribution in [2.45, 2.75) is 51.7 Å². The van der Waals surface area contributed by atoms with Gasteiger partial charge in [-0.3, -0.25) is 9.59 Å². The first-order valence-corrected chi connectivity index (χ1v) is 11.7. The molecule has 2 N–H and O–H groups in total. The van der Waals surface area contributed by atoms with Crippen molar-refractivity contribution in [1.29, 1.82) is 0 Å². The van der Waals surface area contributed by atoms with Gasteiger partial charge >= 0.3 is 0 Å². The molecule has 1 aromatic heterocycles. The van der Waals surface area contributed by atoms with E-state index in [-0.39, 0.29) is 29.8 Å². The van der Waals surface area contributed by atoms with Crippen LogP contribution >= 0.6 is 0 Å². The number of allylic oxidation sites excluding steroid dienone is 1. The lowest BCUT2D eigenvalue weighted by Gasteiger charge is -2.36. The van der Waals surface area contributed by atoms with Crippen molar-refractivity contribution < 1.29 is 18.7 Å². The van der Waals surface area contributed by atoms with Gasteiger partial charge in [-0.1, -0.05) is 26.0 Å². The Morgan fingerprint density at radius 1 is 1.21 bits per heavy atom. The van der Waals surface area contributed by atoms with E-state index < -0.39 is 6.04 Å². The number of carbonyl (C=O) groups is 2. The van der Waals surface area contributed by atoms with Crippen LogP contribution in [-0.2, 0) is 14.3 Å². The molecule has 1 aromatic carbocycles. The largest absolute Gasteiger partial charge is 0.467 e. The van der Waals surface area contributed by atoms with Crippen molar-refractivity contribution in [3.63, 3.8) is 0 Å². The predicted octanol–water partition coefficient (Wildman–Crippen LogP) is 4.19. The van der Waals surface area contributed by atoms with Crippen molar-refractivity contribution >= 4 is 23.1 Å². The number of fused-ring (bicyclic) bond motifs is 1. The second kappa shape index (κ2) is 8.71. The lowest BCUT2D eigenvalue weighted by Crippen LogP contribution is -2.43. The number of anilines is 2. The monoisotopic (exact) mass is 449 g/mol. The number of ether oxygens (including phenoxy) is 1. The molecule has 2 aliphatic heterocycles. The summed E-state index contributed by atoms with van der Waals surface area (Å²) in [5.74, 6) is 0.637. The second-order valence-electron chi connectivity index (χ2n) is 9.96. The van der Waals surface area contributed by atoms with Gasteiger partial charge in [0, 0.05) is 30.8 Å². The first-order valence-electron chi connectivity index (χ1n) is 11.7. The number of ketones is 1. The molecule has 1 aliphatic carbocycles. The number of para-hydroxylation sites is 2. The molecule has 33 heavy (non-hydrogen) atoms. The third kappa shape index (κ3) is 4.42. The molecule has 3 heterocycles. The van der Waals surface area contributed by atoms with Gasteiger partial charge in [0.15, 0.2) is 5.78 Å². The first-order chi connectivity index (χ1) is 15.9. The molecule has 0 spiro atoms. The maximum absolute atomic E-state index is 13.5. The van der Waals surface area contributed by atoms with Gasteiger partial charge in [0.2, 0.25) is 5.91 Å². The molecule has 0 bridgehead atoms. The van der Waals surface area contributed by atoms with Crippen LogP contribution in [0.5, 0.6) is 0 Å². The molecule has 1 fully saturated rings. The van der Waals surface area contributed by atoms with Gasteiger partial charge < -0.3 is 24.7 Å². The van der Waals surface area contributed by atoms with Gasteiger partial charge in [-0.2, -0.15) is 0 Å². The van der Waals surface area contributed by atoms with Crippen molar-refractivity contribution in [3.05, 3.63) is 59.7 Å². The zero-order chi connectivity index (χ0) is 23.0. The molecule has 1 amide bonds. The minimum atomic E-state index is -0.483. The van der Waals surface area contributed by atoms with Crippen LogP contribution in [0.3, 0.4) is 0 Å². The zero-order valence-corrected chi connectivity index (χ0v) is 19.2. The highest BCUT2D eigenvalue weighted by molar-refractivity contribution is 6.01. The van der Waals surface area contributed by atoms with Gasteiger partial charge in [0.1, 0.15) is 11.8 Å². The van der Waals surface area contributed by atoms with Gasteiger partial charge in [0.05, 0.1) is 30.3 Å². The summed E-state index contributed by atoms with van der Waals surface area (Å²) in [6.45, 7) is 5.58. The van der Waals surface area contributed by atoms with E-state index in [1.54, 1.807) is 6.26 Å². The van der Waals surface area contributed by atoms with Crippen LogP contribution in [-0.4, -0.2) is 37.5 Å². The number of furan rings is 1. The summed E-state index contributed by atoms with van der Waals surface area (Å²) in [7, 11) is 0. The quantitative estimate of drug-likeness (QED) is 0.712. The van der Waals surface area contributed by atoms with Crippen LogP contribution < -0.4 is 15.5 Å². The highest BCUT2D eigenvalue weighted by Crippen LogP contribution is 2.48. The minimum Gasteiger partial charge on any atom is -0.467 e. The lowest BCUT2D eigenvalue weighted by molar-refractivity contribution is -0.121. The van der Waals surface area contributed by atoms with Crippen LogP contribution in [0, 0.1) is 5.41 Å². The molecule has 1 saturated heterocycles. The highest BCUT2D eigenvalue weighted by Gasteiger charge is 2.42. The lowest BCUT2D eigenvalue weighted by atomic mass is 9.74. The Morgan fingerprint density at radius 2 is 2.06 bits per heavy atom. The molecule has 7 heteroatoms. The van der Waals surface area contributed by atoms with Crippen LogP contribution in [0.15, 0.2) is 58.3 Å². The number of rotatable bonds is 5. The molecule has 0 saturated carbocycles. The van der Waals surface area contributed by atoms with E-state index in [2.05, 4.69) is 24.5 Å². The predicted molar refractivity (Wildman–Crippen MR) is 126 cm³/mol. The Hall–Kier alpha value is -3.06. The van der Waals surface area contributed by atoms with Gasteiger partial charge in [-0.25, -0.2) is 0 Å². The summed E-state index contributed by atoms with van der Waals surface area (Å²) < 4.78 is 11.5. The standard InChI is InChI=1S/C26H31N3O4/c1-26(2)13-19-24(21(30)14-26)25(22-10-6-12-33-22)29(20-9-4-3-8-18(20)28-19)16-23(31)27-15-17-7-5-11-32-17/h3-4,6,8-10,12,17,25,28H,5,7,11,13-16H2,1-2H3,(H,27,31)/t17-,25+/m0/s1. The molecule has 174 valence electrons. The Bertz CT molecular complexity index is 1070. The SMILES string of the molecule is CC1(C)CC(=O)C2=C(C1)Nc1ccccc1N(CC(=O)NC[C@@H]1CCCO1)[C@@H]2c1ccco1. The number of hydrogen-bond donors (Lipinski definition) is 2. The minimum absolute atomic E-state index is 0.0735. The van der Waals surface area contributed by atoms with Crippen molar-refractivity contribution in [1.82, 2.24) is 5.32 Å². The Labute approximate surface area is 194 Å². The van der Waals surface area contributed by atoms with Gasteiger partial charge in [0.25, 0.3) is 0 Å². The fourth-order valence-electron chi connectivity index (χ4n) is 5.21. The van der Waals surface area contributed by atoms with E-state index >= 15 is 0 Å². The third-order valence-corrected chi connectivity index (χ3v) is 6.68. The van der Waals surface area contributed by atoms with E-state index in [0.717, 1.165) is 42.9 Å². The average Bonchev–Trinajstić information content (AvgIpc) is 3.46. The molecular formula is C26H31N3O4. The van der Waals surface area contributed by atoms with E-state index in [4.69, 9.17) is 9.15 Å². The first kappa shape index (κ1) is 21.8. The van der Waals surface area contributed by atoms with Crippen LogP contribution in [0.25, 0.3) is 0 Å². The topological polar surface area (TPSA) is 83.8 Å². The summed E-state index contributed by atoms with van der Waals surface area (Å²) >= 11 is 0. The van der Waals surface area contributed by atoms with Crippen molar-refractivity contribution in [2.24, 2.45) is 5.41 Å². The summed E-state index contributed by atoms with van der Waals surface area (Å²) in [6, 6.07) is 11.1. The van der Waals surface area contributed by atoms with E-state index in [1.807, 2.05) is 41.3 Å². The summed E-state index contributed by atoms with van der Waals surface area (Å²) in [6.07, 6.45) is 4.89. The van der Waals surface area contributed by atoms with E-state index in [9.17, 15) is 9.59 Å². The van der Waals surface area contributed by atoms with Crippen molar-refractivity contribution in [2.75, 3.05) is 29.9 Å². The van der Waals surface area contributed by atoms with Gasteiger partial charge in [-0.05, 0) is 48.9 Å². The average molecular weight is 450 g/mol. The zero-order valence-electron chi connectivity index (χ0n) is 19.2. The number of benzene rings is 1. The summed E-state index contributed by atoms with van der Waals surface area (Å²) in [5, 5.41) is 6.57. The smallest absolute Gasteiger partial charge is 0.239 e. The number of nitrogens with zero attached hydrogens (tertiary/aromatic N) is 1. The number of nitrogens with one attached hydrogen (secondary N) is 2. The normalized spacial score (nSPS) is 24.1.